The number of aliphatic hydroxyl groups is 2. The van der Waals surface area contributed by atoms with E-state index in [4.69, 9.17) is 4.74 Å². The summed E-state index contributed by atoms with van der Waals surface area (Å²) in [4.78, 5) is 24.5. The molecule has 2 N–H and O–H groups in total. The van der Waals surface area contributed by atoms with Gasteiger partial charge in [-0.15, -0.1) is 0 Å². The van der Waals surface area contributed by atoms with Gasteiger partial charge in [0.2, 0.25) is 11.6 Å². The molecule has 5 heteroatoms. The van der Waals surface area contributed by atoms with Crippen LogP contribution < -0.4 is 0 Å². The topological polar surface area (TPSA) is 83.8 Å². The van der Waals surface area contributed by atoms with Crippen molar-refractivity contribution in [1.29, 1.82) is 0 Å². The second-order valence-corrected chi connectivity index (χ2v) is 7.69. The van der Waals surface area contributed by atoms with E-state index < -0.39 is 10.8 Å². The van der Waals surface area contributed by atoms with Gasteiger partial charge in [-0.25, -0.2) is 0 Å². The number of ether oxygens (including phenoxy) is 1. The molecule has 0 heterocycles. The number of rotatable bonds is 8. The number of hydrogen-bond donors (Lipinski definition) is 2. The minimum absolute atomic E-state index is 0.0901. The number of carbonyl (C=O) groups is 2. The fraction of sp³-hybridized carbons (Fsp3) is 0.882. The van der Waals surface area contributed by atoms with Crippen molar-refractivity contribution < 1.29 is 24.5 Å². The molecule has 3 unspecified atom stereocenters. The van der Waals surface area contributed by atoms with Crippen LogP contribution in [-0.4, -0.2) is 48.2 Å². The summed E-state index contributed by atoms with van der Waals surface area (Å²) in [6, 6.07) is 0. The number of fused-ring (bicyclic) bond motifs is 2. The third-order valence-electron chi connectivity index (χ3n) is 5.61. The first-order valence-electron chi connectivity index (χ1n) is 8.19. The lowest BCUT2D eigenvalue weighted by Crippen LogP contribution is -2.37. The van der Waals surface area contributed by atoms with Gasteiger partial charge in [0, 0.05) is 23.4 Å². The molecule has 0 radical (unpaired) electrons. The summed E-state index contributed by atoms with van der Waals surface area (Å²) in [7, 11) is 0. The second kappa shape index (κ2) is 6.38. The van der Waals surface area contributed by atoms with Crippen LogP contribution in [0.15, 0.2) is 0 Å². The smallest absolute Gasteiger partial charge is 0.205 e. The fourth-order valence-electron chi connectivity index (χ4n) is 4.34. The Morgan fingerprint density at radius 1 is 1.32 bits per heavy atom. The van der Waals surface area contributed by atoms with Crippen LogP contribution in [0.25, 0.3) is 0 Å². The second-order valence-electron chi connectivity index (χ2n) is 7.69. The van der Waals surface area contributed by atoms with Crippen LogP contribution in [0, 0.1) is 28.6 Å². The number of hydrogen-bond acceptors (Lipinski definition) is 5. The quantitative estimate of drug-likeness (QED) is 0.520. The van der Waals surface area contributed by atoms with Crippen LogP contribution in [0.5, 0.6) is 0 Å². The molecule has 22 heavy (non-hydrogen) atoms. The summed E-state index contributed by atoms with van der Waals surface area (Å²) in [5, 5.41) is 18.5. The third kappa shape index (κ3) is 2.74. The highest BCUT2D eigenvalue weighted by Gasteiger charge is 2.64. The van der Waals surface area contributed by atoms with Crippen LogP contribution in [-0.2, 0) is 14.3 Å². The monoisotopic (exact) mass is 312 g/mol. The minimum atomic E-state index is -0.664. The van der Waals surface area contributed by atoms with E-state index in [1.54, 1.807) is 6.92 Å². The molecule has 5 nitrogen and oxygen atoms in total. The summed E-state index contributed by atoms with van der Waals surface area (Å²) >= 11 is 0. The summed E-state index contributed by atoms with van der Waals surface area (Å²) < 4.78 is 5.62. The number of Topliss-reactive ketones (excluding diaryl/α,β-unsaturated/α-hetero) is 2. The van der Waals surface area contributed by atoms with Gasteiger partial charge >= 0.3 is 0 Å². The molecule has 0 aromatic rings. The summed E-state index contributed by atoms with van der Waals surface area (Å²) in [6.45, 7) is 6.24. The van der Waals surface area contributed by atoms with Gasteiger partial charge in [-0.2, -0.15) is 0 Å². The lowest BCUT2D eigenvalue weighted by Gasteiger charge is -2.32. The first kappa shape index (κ1) is 17.6. The molecule has 0 spiro atoms. The summed E-state index contributed by atoms with van der Waals surface area (Å²) in [5.41, 5.74) is -1.20. The van der Waals surface area contributed by atoms with Crippen molar-refractivity contribution in [3.05, 3.63) is 0 Å². The van der Waals surface area contributed by atoms with Crippen LogP contribution >= 0.6 is 0 Å². The van der Waals surface area contributed by atoms with Gasteiger partial charge in [0.15, 0.2) is 0 Å². The standard InChI is InChI=1S/C17H28O5/c1-11(2)13-12-4-5-17(13,15(21)14(12)20)6-7-22-10-16(3,8-18)9-19/h11-13,18-19H,4-10H2,1-3H3. The average molecular weight is 312 g/mol. The van der Waals surface area contributed by atoms with E-state index in [0.717, 1.165) is 12.8 Å². The van der Waals surface area contributed by atoms with E-state index in [9.17, 15) is 19.8 Å². The molecule has 0 aliphatic heterocycles. The van der Waals surface area contributed by atoms with E-state index in [-0.39, 0.29) is 43.2 Å². The lowest BCUT2D eigenvalue weighted by molar-refractivity contribution is -0.142. The molecule has 2 aliphatic carbocycles. The van der Waals surface area contributed by atoms with Crippen molar-refractivity contribution in [1.82, 2.24) is 0 Å². The highest BCUT2D eigenvalue weighted by atomic mass is 16.5. The zero-order chi connectivity index (χ0) is 16.5. The van der Waals surface area contributed by atoms with E-state index in [1.807, 2.05) is 0 Å². The number of aliphatic hydroxyl groups excluding tert-OH is 2. The van der Waals surface area contributed by atoms with Gasteiger partial charge in [-0.05, 0) is 31.1 Å². The maximum atomic E-state index is 12.4. The molecule has 0 aromatic carbocycles. The molecule has 2 fully saturated rings. The highest BCUT2D eigenvalue weighted by molar-refractivity contribution is 6.42. The van der Waals surface area contributed by atoms with Gasteiger partial charge in [0.25, 0.3) is 0 Å². The lowest BCUT2D eigenvalue weighted by atomic mass is 9.71. The normalized spacial score (nSPS) is 31.5. The highest BCUT2D eigenvalue weighted by Crippen LogP contribution is 2.59. The Morgan fingerprint density at radius 3 is 2.50 bits per heavy atom. The van der Waals surface area contributed by atoms with Gasteiger partial charge in [-0.3, -0.25) is 9.59 Å². The van der Waals surface area contributed by atoms with Gasteiger partial charge in [0.05, 0.1) is 19.8 Å². The molecule has 0 saturated heterocycles. The maximum Gasteiger partial charge on any atom is 0.205 e. The molecule has 0 amide bonds. The minimum Gasteiger partial charge on any atom is -0.396 e. The van der Waals surface area contributed by atoms with Gasteiger partial charge in [0.1, 0.15) is 0 Å². The van der Waals surface area contributed by atoms with Crippen molar-refractivity contribution in [2.45, 2.75) is 40.0 Å². The van der Waals surface area contributed by atoms with E-state index in [0.29, 0.717) is 18.9 Å². The molecule has 2 bridgehead atoms. The van der Waals surface area contributed by atoms with Crippen LogP contribution in [0.4, 0.5) is 0 Å². The van der Waals surface area contributed by atoms with Gasteiger partial charge < -0.3 is 14.9 Å². The average Bonchev–Trinajstić information content (AvgIpc) is 2.98. The van der Waals surface area contributed by atoms with E-state index in [1.165, 1.54) is 0 Å². The van der Waals surface area contributed by atoms with Crippen molar-refractivity contribution in [2.75, 3.05) is 26.4 Å². The predicted molar refractivity (Wildman–Crippen MR) is 81.2 cm³/mol. The number of ketones is 2. The first-order valence-corrected chi connectivity index (χ1v) is 8.19. The zero-order valence-corrected chi connectivity index (χ0v) is 13.8. The molecular weight excluding hydrogens is 284 g/mol. The summed E-state index contributed by atoms with van der Waals surface area (Å²) in [6.07, 6.45) is 2.16. The first-order chi connectivity index (χ1) is 10.3. The molecular formula is C17H28O5. The van der Waals surface area contributed by atoms with Crippen LogP contribution in [0.3, 0.4) is 0 Å². The SMILES string of the molecule is CC(C)C1C2CCC1(CCOCC(C)(CO)CO)C(=O)C2=O. The van der Waals surface area contributed by atoms with E-state index in [2.05, 4.69) is 13.8 Å². The number of carbonyl (C=O) groups excluding carboxylic acids is 2. The van der Waals surface area contributed by atoms with Crippen molar-refractivity contribution in [3.63, 3.8) is 0 Å². The molecule has 2 saturated carbocycles. The molecule has 2 aliphatic rings. The van der Waals surface area contributed by atoms with Crippen molar-refractivity contribution >= 4 is 11.6 Å². The Bertz CT molecular complexity index is 440. The molecule has 2 rings (SSSR count). The van der Waals surface area contributed by atoms with Gasteiger partial charge in [-0.1, -0.05) is 20.8 Å². The predicted octanol–water partition coefficient (Wildman–Crippen LogP) is 1.20. The fourth-order valence-corrected chi connectivity index (χ4v) is 4.34. The maximum absolute atomic E-state index is 12.4. The summed E-state index contributed by atoms with van der Waals surface area (Å²) in [5.74, 6) is -0.0208. The Balaban J connectivity index is 1.99. The van der Waals surface area contributed by atoms with Crippen LogP contribution in [0.2, 0.25) is 0 Å². The molecule has 126 valence electrons. The Hall–Kier alpha value is -0.780. The van der Waals surface area contributed by atoms with Crippen molar-refractivity contribution in [3.8, 4) is 0 Å². The molecule has 3 atom stereocenters. The Labute approximate surface area is 132 Å². The largest absolute Gasteiger partial charge is 0.396 e. The van der Waals surface area contributed by atoms with Crippen molar-refractivity contribution in [2.24, 2.45) is 28.6 Å². The zero-order valence-electron chi connectivity index (χ0n) is 13.8. The van der Waals surface area contributed by atoms with E-state index >= 15 is 0 Å². The Morgan fingerprint density at radius 2 is 1.95 bits per heavy atom. The molecule has 0 aromatic heterocycles. The van der Waals surface area contributed by atoms with Crippen LogP contribution in [0.1, 0.15) is 40.0 Å². The Kier molecular flexibility index (Phi) is 5.09. The third-order valence-corrected chi connectivity index (χ3v) is 5.61.